The van der Waals surface area contributed by atoms with Gasteiger partial charge in [-0.05, 0) is 102 Å². The molecule has 1 aliphatic carbocycles. The number of likely N-dealkylation sites (tertiary alicyclic amines) is 1. The third-order valence-electron chi connectivity index (χ3n) is 8.28. The van der Waals surface area contributed by atoms with Crippen molar-refractivity contribution in [3.05, 3.63) is 71.3 Å². The molecule has 1 unspecified atom stereocenters. The van der Waals surface area contributed by atoms with Crippen LogP contribution in [0, 0.1) is 0 Å². The number of carbonyl (C=O) groups excluding carboxylic acids is 3. The van der Waals surface area contributed by atoms with Gasteiger partial charge in [-0.2, -0.15) is 0 Å². The first-order chi connectivity index (χ1) is 18.9. The summed E-state index contributed by atoms with van der Waals surface area (Å²) >= 11 is 0. The molecule has 0 saturated carbocycles. The fraction of sp³-hybridized carbons (Fsp3) is 0.545. The van der Waals surface area contributed by atoms with E-state index in [0.29, 0.717) is 19.5 Å². The Bertz CT molecular complexity index is 1200. The molecule has 1 saturated heterocycles. The number of rotatable bonds is 8. The highest BCUT2D eigenvalue weighted by molar-refractivity contribution is 5.93. The number of halogens is 1. The maximum Gasteiger partial charge on any atom is 0.408 e. The Morgan fingerprint density at radius 2 is 1.56 bits per heavy atom. The molecule has 1 spiro atoms. The zero-order valence-corrected chi connectivity index (χ0v) is 25.9. The number of alkyl carbamates (subject to hydrolysis) is 1. The Kier molecular flexibility index (Phi) is 10.5. The van der Waals surface area contributed by atoms with Crippen molar-refractivity contribution in [3.8, 4) is 0 Å². The van der Waals surface area contributed by atoms with Crippen molar-refractivity contribution in [3.63, 3.8) is 0 Å². The summed E-state index contributed by atoms with van der Waals surface area (Å²) in [4.78, 5) is 41.6. The van der Waals surface area contributed by atoms with Gasteiger partial charge in [0.2, 0.25) is 11.8 Å². The smallest absolute Gasteiger partial charge is 0.408 e. The molecule has 1 atom stereocenters. The molecule has 1 fully saturated rings. The minimum Gasteiger partial charge on any atom is -0.444 e. The predicted molar refractivity (Wildman–Crippen MR) is 164 cm³/mol. The van der Waals surface area contributed by atoms with Crippen molar-refractivity contribution >= 4 is 30.3 Å². The Balaban J connectivity index is 0.00000462. The van der Waals surface area contributed by atoms with Crippen molar-refractivity contribution in [1.29, 1.82) is 0 Å². The van der Waals surface area contributed by atoms with Crippen LogP contribution in [-0.2, 0) is 32.6 Å². The van der Waals surface area contributed by atoms with E-state index in [0.717, 1.165) is 38.5 Å². The largest absolute Gasteiger partial charge is 0.444 e. The topological polar surface area (TPSA) is 87.7 Å². The Hall–Kier alpha value is -3.06. The molecule has 41 heavy (non-hydrogen) atoms. The van der Waals surface area contributed by atoms with E-state index in [1.165, 1.54) is 16.7 Å². The number of nitrogens with one attached hydrogen (secondary N) is 2. The molecule has 1 aliphatic heterocycles. The first-order valence-electron chi connectivity index (χ1n) is 14.6. The highest BCUT2D eigenvalue weighted by Gasteiger charge is 2.43. The van der Waals surface area contributed by atoms with Gasteiger partial charge in [-0.3, -0.25) is 9.59 Å². The van der Waals surface area contributed by atoms with Crippen LogP contribution in [0.1, 0.15) is 83.4 Å². The lowest BCUT2D eigenvalue weighted by atomic mass is 9.74. The minimum atomic E-state index is -1.25. The summed E-state index contributed by atoms with van der Waals surface area (Å²) in [5.41, 5.74) is 2.31. The standard InChI is InChI=1S/C33H45N3O4.ClH/c1-31(2,3)40-30(39)35-32(4,5)29(38)34-27(17-11-14-24-12-7-6-8-13-24)28(37)36-22-20-33(21-23-36)19-18-25-15-9-10-16-26(25)33;/h6-10,12-13,15-16,27H,11,14,17-23H2,1-5H3,(H,34,38)(H,35,39);1H. The van der Waals surface area contributed by atoms with E-state index in [2.05, 4.69) is 47.0 Å². The number of carbonyl (C=O) groups is 3. The summed E-state index contributed by atoms with van der Waals surface area (Å²) in [6.45, 7) is 9.92. The highest BCUT2D eigenvalue weighted by Crippen LogP contribution is 2.46. The number of nitrogens with zero attached hydrogens (tertiary/aromatic N) is 1. The maximum atomic E-state index is 13.9. The zero-order valence-electron chi connectivity index (χ0n) is 25.1. The number of amides is 3. The second-order valence-electron chi connectivity index (χ2n) is 12.9. The van der Waals surface area contributed by atoms with E-state index in [1.807, 2.05) is 23.1 Å². The van der Waals surface area contributed by atoms with E-state index in [9.17, 15) is 14.4 Å². The van der Waals surface area contributed by atoms with Gasteiger partial charge in [0.25, 0.3) is 0 Å². The van der Waals surface area contributed by atoms with Crippen LogP contribution in [0.2, 0.25) is 0 Å². The van der Waals surface area contributed by atoms with Gasteiger partial charge in [0.15, 0.2) is 0 Å². The second-order valence-corrected chi connectivity index (χ2v) is 12.9. The lowest BCUT2D eigenvalue weighted by Gasteiger charge is -2.41. The van der Waals surface area contributed by atoms with Crippen LogP contribution < -0.4 is 10.6 Å². The third kappa shape index (κ3) is 8.25. The lowest BCUT2D eigenvalue weighted by molar-refractivity contribution is -0.139. The Morgan fingerprint density at radius 3 is 2.22 bits per heavy atom. The van der Waals surface area contributed by atoms with Gasteiger partial charge in [0.1, 0.15) is 17.2 Å². The van der Waals surface area contributed by atoms with Gasteiger partial charge in [0.05, 0.1) is 0 Å². The Morgan fingerprint density at radius 1 is 0.927 bits per heavy atom. The lowest BCUT2D eigenvalue weighted by Crippen LogP contribution is -2.60. The molecule has 2 N–H and O–H groups in total. The molecule has 0 radical (unpaired) electrons. The summed E-state index contributed by atoms with van der Waals surface area (Å²) in [5, 5.41) is 5.65. The van der Waals surface area contributed by atoms with E-state index < -0.39 is 29.2 Å². The Labute approximate surface area is 251 Å². The minimum absolute atomic E-state index is 0. The van der Waals surface area contributed by atoms with Gasteiger partial charge in [-0.1, -0.05) is 54.6 Å². The number of fused-ring (bicyclic) bond motifs is 2. The monoisotopic (exact) mass is 583 g/mol. The van der Waals surface area contributed by atoms with Crippen molar-refractivity contribution in [2.75, 3.05) is 13.1 Å². The summed E-state index contributed by atoms with van der Waals surface area (Å²) in [5.74, 6) is -0.453. The molecule has 0 bridgehead atoms. The van der Waals surface area contributed by atoms with E-state index >= 15 is 0 Å². The molecule has 7 nitrogen and oxygen atoms in total. The molecule has 2 aromatic rings. The van der Waals surface area contributed by atoms with Crippen molar-refractivity contribution in [2.24, 2.45) is 0 Å². The number of ether oxygens (including phenoxy) is 1. The first-order valence-corrected chi connectivity index (χ1v) is 14.6. The van der Waals surface area contributed by atoms with Crippen LogP contribution in [-0.4, -0.2) is 53.1 Å². The summed E-state index contributed by atoms with van der Waals surface area (Å²) in [7, 11) is 0. The van der Waals surface area contributed by atoms with Crippen LogP contribution in [0.5, 0.6) is 0 Å². The predicted octanol–water partition coefficient (Wildman–Crippen LogP) is 5.73. The molecular weight excluding hydrogens is 538 g/mol. The van der Waals surface area contributed by atoms with Crippen LogP contribution in [0.15, 0.2) is 54.6 Å². The second kappa shape index (κ2) is 13.3. The molecule has 2 aliphatic rings. The average molecular weight is 584 g/mol. The van der Waals surface area contributed by atoms with Crippen molar-refractivity contribution < 1.29 is 19.1 Å². The number of aryl methyl sites for hydroxylation is 2. The van der Waals surface area contributed by atoms with Crippen LogP contribution in [0.3, 0.4) is 0 Å². The van der Waals surface area contributed by atoms with Crippen LogP contribution in [0.25, 0.3) is 0 Å². The van der Waals surface area contributed by atoms with Gasteiger partial charge < -0.3 is 20.3 Å². The summed E-state index contributed by atoms with van der Waals surface area (Å²) in [6, 6.07) is 18.2. The SMILES string of the molecule is CC(C)(C)OC(=O)NC(C)(C)C(=O)NC(CCCc1ccccc1)C(=O)N1CCC2(CCc3ccccc32)CC1.Cl. The van der Waals surface area contributed by atoms with Crippen molar-refractivity contribution in [2.45, 2.75) is 102 Å². The van der Waals surface area contributed by atoms with Gasteiger partial charge in [-0.15, -0.1) is 12.4 Å². The number of hydrogen-bond acceptors (Lipinski definition) is 4. The summed E-state index contributed by atoms with van der Waals surface area (Å²) < 4.78 is 5.35. The molecule has 4 rings (SSSR count). The molecule has 0 aromatic heterocycles. The van der Waals surface area contributed by atoms with E-state index in [-0.39, 0.29) is 23.7 Å². The molecule has 2 aromatic carbocycles. The number of benzene rings is 2. The van der Waals surface area contributed by atoms with E-state index in [1.54, 1.807) is 34.6 Å². The van der Waals surface area contributed by atoms with Crippen molar-refractivity contribution in [1.82, 2.24) is 15.5 Å². The van der Waals surface area contributed by atoms with Gasteiger partial charge in [-0.25, -0.2) is 4.79 Å². The third-order valence-corrected chi connectivity index (χ3v) is 8.28. The zero-order chi connectivity index (χ0) is 29.0. The van der Waals surface area contributed by atoms with Gasteiger partial charge >= 0.3 is 6.09 Å². The molecular formula is C33H46ClN3O4. The highest BCUT2D eigenvalue weighted by atomic mass is 35.5. The maximum absolute atomic E-state index is 13.9. The van der Waals surface area contributed by atoms with Crippen LogP contribution >= 0.6 is 12.4 Å². The van der Waals surface area contributed by atoms with Gasteiger partial charge in [0, 0.05) is 13.1 Å². The number of piperidine rings is 1. The molecule has 1 heterocycles. The summed E-state index contributed by atoms with van der Waals surface area (Å²) in [6.07, 6.45) is 5.53. The normalized spacial score (nSPS) is 16.8. The van der Waals surface area contributed by atoms with Crippen LogP contribution in [0.4, 0.5) is 4.79 Å². The quantitative estimate of drug-likeness (QED) is 0.416. The molecule has 224 valence electrons. The fourth-order valence-electron chi connectivity index (χ4n) is 6.03. The molecule has 8 heteroatoms. The van der Waals surface area contributed by atoms with E-state index in [4.69, 9.17) is 4.74 Å². The fourth-order valence-corrected chi connectivity index (χ4v) is 6.03. The molecule has 3 amide bonds. The first kappa shape index (κ1) is 32.5. The average Bonchev–Trinajstić information content (AvgIpc) is 3.25. The number of hydrogen-bond donors (Lipinski definition) is 2.